The Labute approximate surface area is 164 Å². The third-order valence-corrected chi connectivity index (χ3v) is 4.80. The van der Waals surface area contributed by atoms with Crippen molar-refractivity contribution in [1.82, 2.24) is 15.1 Å². The van der Waals surface area contributed by atoms with E-state index in [4.69, 9.17) is 4.74 Å². The average molecular weight is 383 g/mol. The second-order valence-electron chi connectivity index (χ2n) is 6.92. The molecule has 2 aromatic rings. The van der Waals surface area contributed by atoms with Crippen LogP contribution in [0, 0.1) is 6.92 Å². The number of amides is 1. The number of fused-ring (bicyclic) bond motifs is 1. The van der Waals surface area contributed by atoms with Crippen LogP contribution in [0.2, 0.25) is 0 Å². The zero-order valence-electron chi connectivity index (χ0n) is 16.0. The third kappa shape index (κ3) is 4.31. The monoisotopic (exact) mass is 383 g/mol. The van der Waals surface area contributed by atoms with E-state index in [1.807, 2.05) is 35.9 Å². The largest absolute Gasteiger partial charge is 0.480 e. The molecule has 0 radical (unpaired) electrons. The fourth-order valence-electron chi connectivity index (χ4n) is 3.35. The second kappa shape index (κ2) is 8.84. The number of nitrogens with one attached hydrogen (secondary N) is 1. The lowest BCUT2D eigenvalue weighted by Crippen LogP contribution is -2.44. The van der Waals surface area contributed by atoms with Gasteiger partial charge < -0.3 is 15.2 Å². The van der Waals surface area contributed by atoms with Gasteiger partial charge in [-0.05, 0) is 44.7 Å². The van der Waals surface area contributed by atoms with Gasteiger partial charge in [-0.25, -0.2) is 9.48 Å². The molecule has 148 valence electrons. The van der Waals surface area contributed by atoms with Crippen molar-refractivity contribution in [3.63, 3.8) is 0 Å². The van der Waals surface area contributed by atoms with Crippen molar-refractivity contribution >= 4 is 11.9 Å². The lowest BCUT2D eigenvalue weighted by atomic mass is 9.95. The van der Waals surface area contributed by atoms with Crippen molar-refractivity contribution < 1.29 is 19.4 Å². The molecule has 1 aliphatic rings. The van der Waals surface area contributed by atoms with Gasteiger partial charge in [-0.15, -0.1) is 6.58 Å². The molecule has 2 N–H and O–H groups in total. The van der Waals surface area contributed by atoms with Crippen LogP contribution in [0.15, 0.2) is 36.9 Å². The minimum Gasteiger partial charge on any atom is -0.480 e. The fourth-order valence-corrected chi connectivity index (χ4v) is 3.35. The Kier molecular flexibility index (Phi) is 6.26. The van der Waals surface area contributed by atoms with E-state index in [1.165, 1.54) is 6.08 Å². The number of benzene rings is 1. The summed E-state index contributed by atoms with van der Waals surface area (Å²) in [5.74, 6) is -1.64. The molecule has 7 nitrogen and oxygen atoms in total. The molecule has 0 fully saturated rings. The van der Waals surface area contributed by atoms with Gasteiger partial charge in [0.25, 0.3) is 5.91 Å². The lowest BCUT2D eigenvalue weighted by molar-refractivity contribution is -0.140. The summed E-state index contributed by atoms with van der Waals surface area (Å²) in [4.78, 5) is 24.3. The molecule has 1 atom stereocenters. The molecule has 0 aliphatic heterocycles. The Morgan fingerprint density at radius 3 is 2.71 bits per heavy atom. The molecule has 0 saturated carbocycles. The first-order valence-electron chi connectivity index (χ1n) is 9.41. The summed E-state index contributed by atoms with van der Waals surface area (Å²) < 4.78 is 7.01. The molecule has 28 heavy (non-hydrogen) atoms. The molecule has 0 bridgehead atoms. The van der Waals surface area contributed by atoms with Crippen LogP contribution in [-0.4, -0.2) is 46.0 Å². The SMILES string of the molecule is C=CCOCC(NC(=O)c1nn(-c2ccc(C)cc2)c2c1CCCC2)C(=O)O. The summed E-state index contributed by atoms with van der Waals surface area (Å²) in [5.41, 5.74) is 4.26. The number of ether oxygens (including phenoxy) is 1. The molecule has 1 aliphatic carbocycles. The van der Waals surface area contributed by atoms with Crippen molar-refractivity contribution in [2.24, 2.45) is 0 Å². The predicted octanol–water partition coefficient (Wildman–Crippen LogP) is 2.45. The number of carbonyl (C=O) groups is 2. The van der Waals surface area contributed by atoms with E-state index in [9.17, 15) is 14.7 Å². The van der Waals surface area contributed by atoms with Gasteiger partial charge in [0.15, 0.2) is 11.7 Å². The van der Waals surface area contributed by atoms with Crippen LogP contribution in [0.4, 0.5) is 0 Å². The minimum atomic E-state index is -1.15. The number of carboxylic acids is 1. The Morgan fingerprint density at radius 1 is 1.32 bits per heavy atom. The summed E-state index contributed by atoms with van der Waals surface area (Å²) in [7, 11) is 0. The number of aryl methyl sites for hydroxylation is 1. The van der Waals surface area contributed by atoms with Crippen molar-refractivity contribution in [3.8, 4) is 5.69 Å². The van der Waals surface area contributed by atoms with E-state index in [-0.39, 0.29) is 13.2 Å². The molecule has 0 spiro atoms. The van der Waals surface area contributed by atoms with E-state index in [1.54, 1.807) is 0 Å². The number of nitrogens with zero attached hydrogens (tertiary/aromatic N) is 2. The number of hydrogen-bond acceptors (Lipinski definition) is 4. The first kappa shape index (κ1) is 19.8. The van der Waals surface area contributed by atoms with Crippen molar-refractivity contribution in [2.75, 3.05) is 13.2 Å². The van der Waals surface area contributed by atoms with E-state index >= 15 is 0 Å². The number of aliphatic carboxylic acids is 1. The van der Waals surface area contributed by atoms with Gasteiger partial charge in [-0.2, -0.15) is 5.10 Å². The smallest absolute Gasteiger partial charge is 0.328 e. The Bertz CT molecular complexity index is 871. The van der Waals surface area contributed by atoms with E-state index in [0.717, 1.165) is 48.2 Å². The molecule has 1 aromatic carbocycles. The van der Waals surface area contributed by atoms with Gasteiger partial charge in [0.1, 0.15) is 0 Å². The van der Waals surface area contributed by atoms with Crippen LogP contribution < -0.4 is 5.32 Å². The Balaban J connectivity index is 1.88. The molecule has 1 unspecified atom stereocenters. The number of aromatic nitrogens is 2. The summed E-state index contributed by atoms with van der Waals surface area (Å²) in [6.07, 6.45) is 5.15. The predicted molar refractivity (Wildman–Crippen MR) is 105 cm³/mol. The highest BCUT2D eigenvalue weighted by atomic mass is 16.5. The first-order chi connectivity index (χ1) is 13.5. The van der Waals surface area contributed by atoms with Crippen LogP contribution in [0.25, 0.3) is 5.69 Å². The van der Waals surface area contributed by atoms with Gasteiger partial charge in [-0.3, -0.25) is 4.79 Å². The first-order valence-corrected chi connectivity index (χ1v) is 9.41. The molecule has 1 amide bonds. The van der Waals surface area contributed by atoms with E-state index in [2.05, 4.69) is 17.0 Å². The average Bonchev–Trinajstić information content (AvgIpc) is 3.07. The molecule has 0 saturated heterocycles. The summed E-state index contributed by atoms with van der Waals surface area (Å²) in [5, 5.41) is 16.5. The van der Waals surface area contributed by atoms with Gasteiger partial charge in [0, 0.05) is 11.3 Å². The number of carboxylic acid groups (broad SMARTS) is 1. The van der Waals surface area contributed by atoms with Crippen molar-refractivity contribution in [2.45, 2.75) is 38.6 Å². The maximum Gasteiger partial charge on any atom is 0.328 e. The highest BCUT2D eigenvalue weighted by Crippen LogP contribution is 2.27. The minimum absolute atomic E-state index is 0.131. The highest BCUT2D eigenvalue weighted by molar-refractivity contribution is 5.96. The number of carbonyl (C=O) groups excluding carboxylic acids is 1. The van der Waals surface area contributed by atoms with Crippen molar-refractivity contribution in [1.29, 1.82) is 0 Å². The quantitative estimate of drug-likeness (QED) is 0.539. The standard InChI is InChI=1S/C21H25N3O4/c1-3-12-28-13-17(21(26)27)22-20(25)19-16-6-4-5-7-18(16)24(23-19)15-10-8-14(2)9-11-15/h3,8-11,17H,1,4-7,12-13H2,2H3,(H,22,25)(H,26,27). The van der Waals surface area contributed by atoms with Gasteiger partial charge in [0.2, 0.25) is 0 Å². The Morgan fingerprint density at radius 2 is 2.04 bits per heavy atom. The summed E-state index contributed by atoms with van der Waals surface area (Å²) in [6.45, 7) is 5.63. The van der Waals surface area contributed by atoms with Gasteiger partial charge in [0.05, 0.1) is 18.9 Å². The summed E-state index contributed by atoms with van der Waals surface area (Å²) in [6, 6.07) is 6.81. The van der Waals surface area contributed by atoms with E-state index in [0.29, 0.717) is 5.69 Å². The maximum absolute atomic E-state index is 12.8. The number of rotatable bonds is 8. The normalized spacial score (nSPS) is 14.2. The van der Waals surface area contributed by atoms with Crippen LogP contribution in [0.3, 0.4) is 0 Å². The highest BCUT2D eigenvalue weighted by Gasteiger charge is 2.28. The summed E-state index contributed by atoms with van der Waals surface area (Å²) >= 11 is 0. The zero-order chi connectivity index (χ0) is 20.1. The van der Waals surface area contributed by atoms with E-state index < -0.39 is 17.9 Å². The molecular weight excluding hydrogens is 358 g/mol. The Hall–Kier alpha value is -2.93. The van der Waals surface area contributed by atoms with Crippen molar-refractivity contribution in [3.05, 3.63) is 59.4 Å². The van der Waals surface area contributed by atoms with Gasteiger partial charge >= 0.3 is 5.97 Å². The second-order valence-corrected chi connectivity index (χ2v) is 6.92. The topological polar surface area (TPSA) is 93.5 Å². The molecule has 7 heteroatoms. The third-order valence-electron chi connectivity index (χ3n) is 4.80. The lowest BCUT2D eigenvalue weighted by Gasteiger charge is -2.15. The fraction of sp³-hybridized carbons (Fsp3) is 0.381. The zero-order valence-corrected chi connectivity index (χ0v) is 16.0. The van der Waals surface area contributed by atoms with Gasteiger partial charge in [-0.1, -0.05) is 23.8 Å². The van der Waals surface area contributed by atoms with Crippen LogP contribution in [-0.2, 0) is 22.4 Å². The molecule has 3 rings (SSSR count). The molecule has 1 heterocycles. The number of hydrogen-bond donors (Lipinski definition) is 2. The van der Waals surface area contributed by atoms with Crippen LogP contribution in [0.5, 0.6) is 0 Å². The maximum atomic E-state index is 12.8. The molecular formula is C21H25N3O4. The van der Waals surface area contributed by atoms with Crippen LogP contribution in [0.1, 0.15) is 40.2 Å². The van der Waals surface area contributed by atoms with Crippen LogP contribution >= 0.6 is 0 Å². The molecule has 1 aromatic heterocycles.